The predicted octanol–water partition coefficient (Wildman–Crippen LogP) is 1.70. The van der Waals surface area contributed by atoms with Gasteiger partial charge in [-0.3, -0.25) is 0 Å². The smallest absolute Gasteiger partial charge is 0.184 e. The third-order valence-corrected chi connectivity index (χ3v) is 4.78. The van der Waals surface area contributed by atoms with E-state index in [0.29, 0.717) is 6.61 Å². The molecule has 7 nitrogen and oxygen atoms in total. The van der Waals surface area contributed by atoms with Crippen molar-refractivity contribution in [3.05, 3.63) is 0 Å². The van der Waals surface area contributed by atoms with Crippen molar-refractivity contribution in [2.24, 2.45) is 0 Å². The molecule has 0 aliphatic carbocycles. The van der Waals surface area contributed by atoms with Gasteiger partial charge in [-0.2, -0.15) is 0 Å². The number of aliphatic hydroxyl groups is 4. The summed E-state index contributed by atoms with van der Waals surface area (Å²) in [6.07, 6.45) is 5.99. The summed E-state index contributed by atoms with van der Waals surface area (Å²) in [5.41, 5.74) is 0. The fourth-order valence-electron chi connectivity index (χ4n) is 3.04. The SMILES string of the molecule is CCCCCCCCCCCCOCOC[C@H]1OC(O)[C@H](O)[C@@H](O)[C@@H]1O. The van der Waals surface area contributed by atoms with Gasteiger partial charge in [-0.1, -0.05) is 64.7 Å². The van der Waals surface area contributed by atoms with Gasteiger partial charge in [0, 0.05) is 6.61 Å². The number of ether oxygens (including phenoxy) is 3. The normalized spacial score (nSPS) is 29.2. The van der Waals surface area contributed by atoms with E-state index < -0.39 is 30.7 Å². The highest BCUT2D eigenvalue weighted by Crippen LogP contribution is 2.20. The zero-order chi connectivity index (χ0) is 19.2. The lowest BCUT2D eigenvalue weighted by molar-refractivity contribution is -0.291. The van der Waals surface area contributed by atoms with Crippen molar-refractivity contribution in [1.82, 2.24) is 0 Å². The van der Waals surface area contributed by atoms with Crippen LogP contribution < -0.4 is 0 Å². The van der Waals surface area contributed by atoms with Crippen molar-refractivity contribution in [3.63, 3.8) is 0 Å². The highest BCUT2D eigenvalue weighted by molar-refractivity contribution is 4.88. The Labute approximate surface area is 157 Å². The molecule has 26 heavy (non-hydrogen) atoms. The molecule has 0 bridgehead atoms. The molecule has 0 aromatic carbocycles. The zero-order valence-electron chi connectivity index (χ0n) is 16.1. The van der Waals surface area contributed by atoms with E-state index in [0.717, 1.165) is 12.8 Å². The van der Waals surface area contributed by atoms with E-state index in [4.69, 9.17) is 14.2 Å². The van der Waals surface area contributed by atoms with Crippen molar-refractivity contribution in [2.75, 3.05) is 20.0 Å². The lowest BCUT2D eigenvalue weighted by atomic mass is 9.99. The number of rotatable bonds is 15. The molecule has 0 aromatic rings. The third-order valence-electron chi connectivity index (χ3n) is 4.78. The minimum absolute atomic E-state index is 0.0277. The summed E-state index contributed by atoms with van der Waals surface area (Å²) in [6, 6.07) is 0. The molecule has 5 atom stereocenters. The maximum Gasteiger partial charge on any atom is 0.184 e. The van der Waals surface area contributed by atoms with E-state index in [9.17, 15) is 20.4 Å². The molecule has 1 unspecified atom stereocenters. The van der Waals surface area contributed by atoms with Gasteiger partial charge in [0.25, 0.3) is 0 Å². The number of aliphatic hydroxyl groups excluding tert-OH is 4. The van der Waals surface area contributed by atoms with Crippen LogP contribution in [-0.4, -0.2) is 71.1 Å². The predicted molar refractivity (Wildman–Crippen MR) is 97.5 cm³/mol. The fourth-order valence-corrected chi connectivity index (χ4v) is 3.04. The second kappa shape index (κ2) is 14.7. The van der Waals surface area contributed by atoms with E-state index >= 15 is 0 Å². The van der Waals surface area contributed by atoms with Crippen LogP contribution in [0.25, 0.3) is 0 Å². The number of unbranched alkanes of at least 4 members (excludes halogenated alkanes) is 9. The van der Waals surface area contributed by atoms with Gasteiger partial charge in [0.2, 0.25) is 0 Å². The van der Waals surface area contributed by atoms with Crippen LogP contribution >= 0.6 is 0 Å². The first-order chi connectivity index (χ1) is 12.6. The molecule has 0 saturated carbocycles. The van der Waals surface area contributed by atoms with Crippen LogP contribution in [0.15, 0.2) is 0 Å². The van der Waals surface area contributed by atoms with Crippen molar-refractivity contribution >= 4 is 0 Å². The maximum atomic E-state index is 9.76. The van der Waals surface area contributed by atoms with E-state index in [1.54, 1.807) is 0 Å². The Bertz CT molecular complexity index is 329. The topological polar surface area (TPSA) is 109 Å². The highest BCUT2D eigenvalue weighted by Gasteiger charge is 2.42. The largest absolute Gasteiger partial charge is 0.387 e. The molecular weight excluding hydrogens is 340 g/mol. The van der Waals surface area contributed by atoms with E-state index in [1.807, 2.05) is 0 Å². The third kappa shape index (κ3) is 9.60. The molecule has 1 fully saturated rings. The zero-order valence-corrected chi connectivity index (χ0v) is 16.1. The molecule has 0 spiro atoms. The van der Waals surface area contributed by atoms with Gasteiger partial charge in [-0.25, -0.2) is 0 Å². The minimum Gasteiger partial charge on any atom is -0.387 e. The van der Waals surface area contributed by atoms with Crippen LogP contribution in [0, 0.1) is 0 Å². The van der Waals surface area contributed by atoms with Gasteiger partial charge in [0.1, 0.15) is 31.2 Å². The van der Waals surface area contributed by atoms with Gasteiger partial charge >= 0.3 is 0 Å². The average Bonchev–Trinajstić information content (AvgIpc) is 2.64. The van der Waals surface area contributed by atoms with Gasteiger partial charge in [0.15, 0.2) is 6.29 Å². The summed E-state index contributed by atoms with van der Waals surface area (Å²) >= 11 is 0. The Morgan fingerprint density at radius 2 is 1.27 bits per heavy atom. The molecule has 1 aliphatic rings. The summed E-state index contributed by atoms with van der Waals surface area (Å²) < 4.78 is 15.6. The summed E-state index contributed by atoms with van der Waals surface area (Å²) in [5, 5.41) is 38.1. The molecule has 4 N–H and O–H groups in total. The van der Waals surface area contributed by atoms with Crippen LogP contribution in [0.4, 0.5) is 0 Å². The molecule has 0 aromatic heterocycles. The highest BCUT2D eigenvalue weighted by atomic mass is 16.7. The molecule has 1 aliphatic heterocycles. The first-order valence-electron chi connectivity index (χ1n) is 10.1. The molecule has 0 radical (unpaired) electrons. The lowest BCUT2D eigenvalue weighted by Crippen LogP contribution is -2.58. The van der Waals surface area contributed by atoms with E-state index in [-0.39, 0.29) is 13.4 Å². The van der Waals surface area contributed by atoms with Gasteiger partial charge < -0.3 is 34.6 Å². The van der Waals surface area contributed by atoms with Crippen LogP contribution in [0.2, 0.25) is 0 Å². The average molecular weight is 379 g/mol. The Balaban J connectivity index is 1.88. The molecule has 1 saturated heterocycles. The fraction of sp³-hybridized carbons (Fsp3) is 1.00. The Morgan fingerprint density at radius 3 is 1.88 bits per heavy atom. The first-order valence-corrected chi connectivity index (χ1v) is 10.1. The lowest BCUT2D eigenvalue weighted by Gasteiger charge is -2.38. The molecule has 1 heterocycles. The summed E-state index contributed by atoms with van der Waals surface area (Å²) in [4.78, 5) is 0. The van der Waals surface area contributed by atoms with Crippen molar-refractivity contribution < 1.29 is 34.6 Å². The van der Waals surface area contributed by atoms with Crippen molar-refractivity contribution in [1.29, 1.82) is 0 Å². The summed E-state index contributed by atoms with van der Waals surface area (Å²) in [5.74, 6) is 0. The summed E-state index contributed by atoms with van der Waals surface area (Å²) in [6.45, 7) is 2.90. The second-order valence-electron chi connectivity index (χ2n) is 7.12. The summed E-state index contributed by atoms with van der Waals surface area (Å²) in [7, 11) is 0. The van der Waals surface area contributed by atoms with Crippen molar-refractivity contribution in [3.8, 4) is 0 Å². The maximum absolute atomic E-state index is 9.76. The Kier molecular flexibility index (Phi) is 13.5. The number of hydrogen-bond acceptors (Lipinski definition) is 7. The first kappa shape index (κ1) is 23.8. The van der Waals surface area contributed by atoms with Crippen LogP contribution in [-0.2, 0) is 14.2 Å². The molecule has 1 rings (SSSR count). The molecule has 7 heteroatoms. The standard InChI is InChI=1S/C19H38O7/c1-2-3-4-5-6-7-8-9-10-11-12-24-14-25-13-15-16(20)17(21)18(22)19(23)26-15/h15-23H,2-14H2,1H3/t15-,16-,17+,18-,19?/m1/s1. The van der Waals surface area contributed by atoms with Crippen LogP contribution in [0.1, 0.15) is 71.1 Å². The monoisotopic (exact) mass is 378 g/mol. The molecule has 156 valence electrons. The minimum atomic E-state index is -1.53. The van der Waals surface area contributed by atoms with Gasteiger partial charge in [-0.05, 0) is 6.42 Å². The van der Waals surface area contributed by atoms with Gasteiger partial charge in [-0.15, -0.1) is 0 Å². The Morgan fingerprint density at radius 1 is 0.692 bits per heavy atom. The Hall–Kier alpha value is -0.280. The number of hydrogen-bond donors (Lipinski definition) is 4. The van der Waals surface area contributed by atoms with E-state index in [2.05, 4.69) is 6.92 Å². The molecular formula is C19H38O7. The van der Waals surface area contributed by atoms with E-state index in [1.165, 1.54) is 51.4 Å². The van der Waals surface area contributed by atoms with Crippen LogP contribution in [0.5, 0.6) is 0 Å². The van der Waals surface area contributed by atoms with Crippen molar-refractivity contribution in [2.45, 2.75) is 102 Å². The molecule has 0 amide bonds. The quantitative estimate of drug-likeness (QED) is 0.254. The van der Waals surface area contributed by atoms with Crippen LogP contribution in [0.3, 0.4) is 0 Å². The van der Waals surface area contributed by atoms with Gasteiger partial charge in [0.05, 0.1) is 6.61 Å². The second-order valence-corrected chi connectivity index (χ2v) is 7.12.